The van der Waals surface area contributed by atoms with Gasteiger partial charge in [-0.25, -0.2) is 4.98 Å². The van der Waals surface area contributed by atoms with Crippen LogP contribution in [0.1, 0.15) is 31.4 Å². The molecular formula is C19H30N4O3. The molecule has 1 aromatic rings. The van der Waals surface area contributed by atoms with Crippen LogP contribution in [0, 0.1) is 12.8 Å². The number of likely N-dealkylation sites (tertiary alicyclic amines) is 1. The number of hydrogen-bond acceptors (Lipinski definition) is 6. The minimum atomic E-state index is -0.125. The standard InChI is InChI=1S/C19H30N4O3/c1-15-11-20-12-17(21-15)25-8-5-16-6-9-26-19(10-16)13-23(14-19)18(24)4-7-22(2)3/h11-12,16H,4-10,13-14H2,1-3H3/t16-/m1/s1. The molecule has 0 N–H and O–H groups in total. The lowest BCUT2D eigenvalue weighted by Gasteiger charge is -2.53. The number of aromatic nitrogens is 2. The Kier molecular flexibility index (Phi) is 6.09. The van der Waals surface area contributed by atoms with Gasteiger partial charge in [0.25, 0.3) is 0 Å². The molecule has 26 heavy (non-hydrogen) atoms. The van der Waals surface area contributed by atoms with Gasteiger partial charge in [-0.2, -0.15) is 0 Å². The van der Waals surface area contributed by atoms with Gasteiger partial charge in [0.05, 0.1) is 31.6 Å². The molecule has 1 amide bonds. The van der Waals surface area contributed by atoms with Crippen LogP contribution < -0.4 is 4.74 Å². The van der Waals surface area contributed by atoms with E-state index in [0.717, 1.165) is 51.2 Å². The topological polar surface area (TPSA) is 67.8 Å². The summed E-state index contributed by atoms with van der Waals surface area (Å²) < 4.78 is 11.8. The van der Waals surface area contributed by atoms with E-state index in [1.54, 1.807) is 12.4 Å². The van der Waals surface area contributed by atoms with E-state index < -0.39 is 0 Å². The minimum Gasteiger partial charge on any atom is -0.477 e. The smallest absolute Gasteiger partial charge is 0.232 e. The molecule has 0 aromatic carbocycles. The van der Waals surface area contributed by atoms with Crippen molar-refractivity contribution in [2.24, 2.45) is 5.92 Å². The third-order valence-electron chi connectivity index (χ3n) is 5.19. The van der Waals surface area contributed by atoms with E-state index in [0.29, 0.717) is 24.8 Å². The monoisotopic (exact) mass is 362 g/mol. The van der Waals surface area contributed by atoms with Gasteiger partial charge in [0, 0.05) is 25.8 Å². The van der Waals surface area contributed by atoms with Gasteiger partial charge in [-0.05, 0) is 46.2 Å². The molecule has 1 aromatic heterocycles. The van der Waals surface area contributed by atoms with Gasteiger partial charge in [0.1, 0.15) is 5.60 Å². The minimum absolute atomic E-state index is 0.125. The molecule has 3 heterocycles. The predicted octanol–water partition coefficient (Wildman–Crippen LogP) is 1.51. The maximum Gasteiger partial charge on any atom is 0.232 e. The van der Waals surface area contributed by atoms with E-state index in [1.165, 1.54) is 0 Å². The third-order valence-corrected chi connectivity index (χ3v) is 5.19. The Balaban J connectivity index is 1.40. The van der Waals surface area contributed by atoms with Gasteiger partial charge in [-0.3, -0.25) is 9.78 Å². The summed E-state index contributed by atoms with van der Waals surface area (Å²) in [5.41, 5.74) is 0.737. The number of rotatable bonds is 7. The van der Waals surface area contributed by atoms with Crippen LogP contribution in [-0.4, -0.2) is 78.2 Å². The Hall–Kier alpha value is -1.73. The molecular weight excluding hydrogens is 332 g/mol. The van der Waals surface area contributed by atoms with Crippen molar-refractivity contribution in [3.8, 4) is 5.88 Å². The first-order valence-corrected chi connectivity index (χ1v) is 9.44. The second-order valence-electron chi connectivity index (χ2n) is 7.83. The first-order valence-electron chi connectivity index (χ1n) is 9.44. The average molecular weight is 362 g/mol. The van der Waals surface area contributed by atoms with Crippen LogP contribution in [0.15, 0.2) is 12.4 Å². The number of amides is 1. The van der Waals surface area contributed by atoms with Crippen molar-refractivity contribution in [2.75, 3.05) is 46.9 Å². The zero-order valence-corrected chi connectivity index (χ0v) is 16.1. The Bertz CT molecular complexity index is 617. The highest BCUT2D eigenvalue weighted by atomic mass is 16.5. The van der Waals surface area contributed by atoms with Crippen molar-refractivity contribution >= 4 is 5.91 Å². The molecule has 1 atom stereocenters. The summed E-state index contributed by atoms with van der Waals surface area (Å²) in [4.78, 5) is 24.6. The molecule has 7 nitrogen and oxygen atoms in total. The van der Waals surface area contributed by atoms with Gasteiger partial charge in [-0.15, -0.1) is 0 Å². The first kappa shape index (κ1) is 19.0. The fraction of sp³-hybridized carbons (Fsp3) is 0.737. The van der Waals surface area contributed by atoms with Crippen LogP contribution >= 0.6 is 0 Å². The van der Waals surface area contributed by atoms with Gasteiger partial charge >= 0.3 is 0 Å². The second-order valence-corrected chi connectivity index (χ2v) is 7.83. The molecule has 2 fully saturated rings. The van der Waals surface area contributed by atoms with E-state index >= 15 is 0 Å². The molecule has 144 valence electrons. The van der Waals surface area contributed by atoms with E-state index in [-0.39, 0.29) is 11.5 Å². The Morgan fingerprint density at radius 2 is 2.23 bits per heavy atom. The fourth-order valence-electron chi connectivity index (χ4n) is 3.74. The van der Waals surface area contributed by atoms with Crippen LogP contribution in [0.3, 0.4) is 0 Å². The van der Waals surface area contributed by atoms with Crippen molar-refractivity contribution in [3.63, 3.8) is 0 Å². The SMILES string of the molecule is Cc1cncc(OCC[C@@H]2CCOC3(C2)CN(C(=O)CCN(C)C)C3)n1. The number of ether oxygens (including phenoxy) is 2. The number of carbonyl (C=O) groups excluding carboxylic acids is 1. The molecule has 0 unspecified atom stereocenters. The predicted molar refractivity (Wildman–Crippen MR) is 98.0 cm³/mol. The maximum atomic E-state index is 12.2. The van der Waals surface area contributed by atoms with Gasteiger partial charge in [-0.1, -0.05) is 0 Å². The van der Waals surface area contributed by atoms with Crippen LogP contribution in [-0.2, 0) is 9.53 Å². The zero-order valence-electron chi connectivity index (χ0n) is 16.1. The number of carbonyl (C=O) groups is 1. The first-order chi connectivity index (χ1) is 12.5. The summed E-state index contributed by atoms with van der Waals surface area (Å²) in [6.07, 6.45) is 7.00. The summed E-state index contributed by atoms with van der Waals surface area (Å²) in [6.45, 7) is 5.59. The zero-order chi connectivity index (χ0) is 18.6. The van der Waals surface area contributed by atoms with Crippen molar-refractivity contribution in [3.05, 3.63) is 18.1 Å². The average Bonchev–Trinajstić information content (AvgIpc) is 2.58. The lowest BCUT2D eigenvalue weighted by molar-refractivity contribution is -0.189. The van der Waals surface area contributed by atoms with Crippen molar-refractivity contribution < 1.29 is 14.3 Å². The third kappa shape index (κ3) is 4.92. The lowest BCUT2D eigenvalue weighted by atomic mass is 9.79. The van der Waals surface area contributed by atoms with Crippen molar-refractivity contribution in [2.45, 2.75) is 38.2 Å². The van der Waals surface area contributed by atoms with Crippen LogP contribution in [0.4, 0.5) is 0 Å². The summed E-state index contributed by atoms with van der Waals surface area (Å²) in [5.74, 6) is 1.39. The van der Waals surface area contributed by atoms with E-state index in [4.69, 9.17) is 9.47 Å². The molecule has 0 saturated carbocycles. The number of nitrogens with zero attached hydrogens (tertiary/aromatic N) is 4. The Labute approximate surface area is 155 Å². The highest BCUT2D eigenvalue weighted by Crippen LogP contribution is 2.38. The molecule has 2 saturated heterocycles. The summed E-state index contributed by atoms with van der Waals surface area (Å²) >= 11 is 0. The molecule has 0 bridgehead atoms. The summed E-state index contributed by atoms with van der Waals surface area (Å²) in [5, 5.41) is 0. The number of aryl methyl sites for hydroxylation is 1. The van der Waals surface area contributed by atoms with Crippen LogP contribution in [0.5, 0.6) is 5.88 Å². The van der Waals surface area contributed by atoms with Gasteiger partial charge in [0.15, 0.2) is 0 Å². The van der Waals surface area contributed by atoms with E-state index in [2.05, 4.69) is 9.97 Å². The second kappa shape index (κ2) is 8.31. The molecule has 3 rings (SSSR count). The maximum absolute atomic E-state index is 12.2. The van der Waals surface area contributed by atoms with E-state index in [1.807, 2.05) is 30.8 Å². The molecule has 2 aliphatic rings. The molecule has 1 spiro atoms. The number of hydrogen-bond donors (Lipinski definition) is 0. The van der Waals surface area contributed by atoms with E-state index in [9.17, 15) is 4.79 Å². The molecule has 0 aliphatic carbocycles. The Morgan fingerprint density at radius 1 is 1.42 bits per heavy atom. The van der Waals surface area contributed by atoms with Crippen LogP contribution in [0.2, 0.25) is 0 Å². The quantitative estimate of drug-likeness (QED) is 0.732. The largest absolute Gasteiger partial charge is 0.477 e. The fourth-order valence-corrected chi connectivity index (χ4v) is 3.74. The van der Waals surface area contributed by atoms with Crippen molar-refractivity contribution in [1.82, 2.24) is 19.8 Å². The summed E-state index contributed by atoms with van der Waals surface area (Å²) in [6, 6.07) is 0. The summed E-state index contributed by atoms with van der Waals surface area (Å²) in [7, 11) is 3.98. The normalized spacial score (nSPS) is 21.7. The van der Waals surface area contributed by atoms with Gasteiger partial charge in [0.2, 0.25) is 11.8 Å². The van der Waals surface area contributed by atoms with Crippen molar-refractivity contribution in [1.29, 1.82) is 0 Å². The highest BCUT2D eigenvalue weighted by Gasteiger charge is 2.48. The molecule has 0 radical (unpaired) electrons. The lowest BCUT2D eigenvalue weighted by Crippen LogP contribution is -2.66. The van der Waals surface area contributed by atoms with Gasteiger partial charge < -0.3 is 19.3 Å². The molecule has 2 aliphatic heterocycles. The Morgan fingerprint density at radius 3 is 2.96 bits per heavy atom. The highest BCUT2D eigenvalue weighted by molar-refractivity contribution is 5.77. The van der Waals surface area contributed by atoms with Crippen LogP contribution in [0.25, 0.3) is 0 Å². The molecule has 7 heteroatoms.